The van der Waals surface area contributed by atoms with Crippen LogP contribution in [0.1, 0.15) is 5.56 Å². The first-order valence-electron chi connectivity index (χ1n) is 6.70. The number of hydrogen-bond acceptors (Lipinski definition) is 6. The van der Waals surface area contributed by atoms with Gasteiger partial charge in [-0.1, -0.05) is 15.9 Å². The van der Waals surface area contributed by atoms with Gasteiger partial charge in [0, 0.05) is 10.2 Å². The van der Waals surface area contributed by atoms with Gasteiger partial charge in [-0.05, 0) is 29.1 Å². The van der Waals surface area contributed by atoms with Crippen LogP contribution in [0.25, 0.3) is 10.2 Å². The molecule has 4 rings (SSSR count). The highest BCUT2D eigenvalue weighted by Crippen LogP contribution is 2.38. The largest absolute Gasteiger partial charge is 0.486 e. The molecule has 0 aliphatic carbocycles. The number of nitrogens with zero attached hydrogens (tertiary/aromatic N) is 2. The van der Waals surface area contributed by atoms with Gasteiger partial charge in [0.2, 0.25) is 0 Å². The molecule has 0 amide bonds. The number of hydrogen-bond donors (Lipinski definition) is 0. The minimum atomic E-state index is 0.600. The van der Waals surface area contributed by atoms with Gasteiger partial charge in [-0.2, -0.15) is 0 Å². The van der Waals surface area contributed by atoms with Crippen LogP contribution in [0, 0.1) is 0 Å². The lowest BCUT2D eigenvalue weighted by Gasteiger charge is -2.19. The summed E-state index contributed by atoms with van der Waals surface area (Å²) in [6, 6.07) is 6.04. The Morgan fingerprint density at radius 3 is 2.86 bits per heavy atom. The highest BCUT2D eigenvalue weighted by Gasteiger charge is 2.15. The Bertz CT molecular complexity index is 838. The Morgan fingerprint density at radius 2 is 2.00 bits per heavy atom. The topological polar surface area (TPSA) is 44.2 Å². The third-order valence-electron chi connectivity index (χ3n) is 3.29. The number of benzene rings is 1. The van der Waals surface area contributed by atoms with Crippen molar-refractivity contribution in [3.63, 3.8) is 0 Å². The van der Waals surface area contributed by atoms with E-state index in [2.05, 4.69) is 25.9 Å². The third kappa shape index (κ3) is 2.68. The van der Waals surface area contributed by atoms with Crippen molar-refractivity contribution >= 4 is 49.2 Å². The van der Waals surface area contributed by atoms with Crippen LogP contribution < -0.4 is 9.47 Å². The van der Waals surface area contributed by atoms with Gasteiger partial charge in [0.15, 0.2) is 11.5 Å². The zero-order valence-corrected chi connectivity index (χ0v) is 14.6. The zero-order valence-electron chi connectivity index (χ0n) is 11.4. The maximum atomic E-state index is 5.65. The molecule has 0 saturated carbocycles. The fourth-order valence-electron chi connectivity index (χ4n) is 2.23. The molecule has 22 heavy (non-hydrogen) atoms. The average molecular weight is 395 g/mol. The molecule has 0 saturated heterocycles. The first-order chi connectivity index (χ1) is 10.8. The second-order valence-corrected chi connectivity index (χ2v) is 7.42. The first kappa shape index (κ1) is 14.3. The smallest absolute Gasteiger partial charge is 0.162 e. The zero-order chi connectivity index (χ0) is 14.9. The van der Waals surface area contributed by atoms with Crippen molar-refractivity contribution in [2.45, 2.75) is 10.8 Å². The van der Waals surface area contributed by atoms with Gasteiger partial charge in [0.1, 0.15) is 24.6 Å². The summed E-state index contributed by atoms with van der Waals surface area (Å²) in [6.07, 6.45) is 1.62. The molecule has 0 unspecified atom stereocenters. The van der Waals surface area contributed by atoms with Crippen LogP contribution in [-0.4, -0.2) is 23.2 Å². The molecule has 1 aliphatic heterocycles. The monoisotopic (exact) mass is 394 g/mol. The molecule has 0 atom stereocenters. The minimum absolute atomic E-state index is 0.600. The normalized spacial score (nSPS) is 13.5. The molecule has 0 radical (unpaired) electrons. The number of ether oxygens (including phenoxy) is 2. The van der Waals surface area contributed by atoms with E-state index in [1.165, 1.54) is 0 Å². The second-order valence-electron chi connectivity index (χ2n) is 4.69. The van der Waals surface area contributed by atoms with Gasteiger partial charge in [-0.3, -0.25) is 0 Å². The average Bonchev–Trinajstić information content (AvgIpc) is 3.02. The highest BCUT2D eigenvalue weighted by atomic mass is 79.9. The molecule has 112 valence electrons. The molecular formula is C15H11BrN2O2S2. The SMILES string of the molecule is Brc1cc2c(cc1CSc1ncnc3ccsc13)OCCO2. The summed E-state index contributed by atoms with van der Waals surface area (Å²) in [4.78, 5) is 8.67. The minimum Gasteiger partial charge on any atom is -0.486 e. The highest BCUT2D eigenvalue weighted by molar-refractivity contribution is 9.10. The molecular weight excluding hydrogens is 384 g/mol. The number of halogens is 1. The van der Waals surface area contributed by atoms with Crippen molar-refractivity contribution in [1.29, 1.82) is 0 Å². The molecule has 4 nitrogen and oxygen atoms in total. The van der Waals surface area contributed by atoms with Crippen molar-refractivity contribution < 1.29 is 9.47 Å². The van der Waals surface area contributed by atoms with E-state index in [0.717, 1.165) is 42.5 Å². The van der Waals surface area contributed by atoms with Crippen molar-refractivity contribution in [3.05, 3.63) is 39.9 Å². The van der Waals surface area contributed by atoms with E-state index in [1.54, 1.807) is 29.4 Å². The molecule has 0 N–H and O–H groups in total. The fraction of sp³-hybridized carbons (Fsp3) is 0.200. The van der Waals surface area contributed by atoms with Gasteiger partial charge in [-0.15, -0.1) is 23.1 Å². The molecule has 1 aromatic carbocycles. The molecule has 1 aliphatic rings. The third-order valence-corrected chi connectivity index (χ3v) is 6.10. The fourth-order valence-corrected chi connectivity index (χ4v) is 4.82. The number of rotatable bonds is 3. The van der Waals surface area contributed by atoms with E-state index in [9.17, 15) is 0 Å². The summed E-state index contributed by atoms with van der Waals surface area (Å²) in [6.45, 7) is 1.20. The Labute approximate surface area is 144 Å². The van der Waals surface area contributed by atoms with E-state index in [4.69, 9.17) is 9.47 Å². The van der Waals surface area contributed by atoms with Crippen LogP contribution in [0.15, 0.2) is 39.4 Å². The predicted octanol–water partition coefficient (Wildman–Crippen LogP) is 4.52. The van der Waals surface area contributed by atoms with E-state index < -0.39 is 0 Å². The van der Waals surface area contributed by atoms with Gasteiger partial charge >= 0.3 is 0 Å². The standard InChI is InChI=1S/C15H11BrN2O2S2/c16-10-6-13-12(19-2-3-20-13)5-9(10)7-22-15-14-11(1-4-21-14)17-8-18-15/h1,4-6,8H,2-3,7H2. The molecule has 3 heterocycles. The van der Waals surface area contributed by atoms with Crippen LogP contribution in [-0.2, 0) is 5.75 Å². The molecule has 0 spiro atoms. The Hall–Kier alpha value is -1.31. The van der Waals surface area contributed by atoms with E-state index in [-0.39, 0.29) is 0 Å². The first-order valence-corrected chi connectivity index (χ1v) is 9.36. The summed E-state index contributed by atoms with van der Waals surface area (Å²) in [5.41, 5.74) is 2.17. The van der Waals surface area contributed by atoms with Crippen LogP contribution >= 0.6 is 39.0 Å². The van der Waals surface area contributed by atoms with Gasteiger partial charge in [-0.25, -0.2) is 9.97 Å². The van der Waals surface area contributed by atoms with Crippen molar-refractivity contribution in [2.24, 2.45) is 0 Å². The number of thioether (sulfide) groups is 1. The molecule has 3 aromatic rings. The maximum absolute atomic E-state index is 5.65. The van der Waals surface area contributed by atoms with Crippen LogP contribution in [0.2, 0.25) is 0 Å². The van der Waals surface area contributed by atoms with E-state index in [0.29, 0.717) is 13.2 Å². The number of thiophene rings is 1. The van der Waals surface area contributed by atoms with Gasteiger partial charge in [0.05, 0.1) is 10.2 Å². The molecule has 7 heteroatoms. The van der Waals surface area contributed by atoms with Gasteiger partial charge < -0.3 is 9.47 Å². The lowest BCUT2D eigenvalue weighted by Crippen LogP contribution is -2.15. The van der Waals surface area contributed by atoms with Crippen molar-refractivity contribution in [1.82, 2.24) is 9.97 Å². The van der Waals surface area contributed by atoms with Gasteiger partial charge in [0.25, 0.3) is 0 Å². The predicted molar refractivity (Wildman–Crippen MR) is 92.1 cm³/mol. The molecule has 2 aromatic heterocycles. The molecule has 0 bridgehead atoms. The summed E-state index contributed by atoms with van der Waals surface area (Å²) < 4.78 is 13.4. The Kier molecular flexibility index (Phi) is 3.94. The lowest BCUT2D eigenvalue weighted by atomic mass is 10.2. The van der Waals surface area contributed by atoms with E-state index in [1.807, 2.05) is 23.6 Å². The van der Waals surface area contributed by atoms with Crippen LogP contribution in [0.5, 0.6) is 11.5 Å². The molecule has 0 fully saturated rings. The second kappa shape index (κ2) is 6.06. The summed E-state index contributed by atoms with van der Waals surface area (Å²) >= 11 is 6.99. The number of fused-ring (bicyclic) bond motifs is 2. The summed E-state index contributed by atoms with van der Waals surface area (Å²) in [5.74, 6) is 2.42. The van der Waals surface area contributed by atoms with Crippen molar-refractivity contribution in [3.8, 4) is 11.5 Å². The quantitative estimate of drug-likeness (QED) is 0.482. The Balaban J connectivity index is 1.60. The van der Waals surface area contributed by atoms with Crippen molar-refractivity contribution in [2.75, 3.05) is 13.2 Å². The Morgan fingerprint density at radius 1 is 1.18 bits per heavy atom. The van der Waals surface area contributed by atoms with Crippen LogP contribution in [0.4, 0.5) is 0 Å². The van der Waals surface area contributed by atoms with Crippen LogP contribution in [0.3, 0.4) is 0 Å². The van der Waals surface area contributed by atoms with E-state index >= 15 is 0 Å². The lowest BCUT2D eigenvalue weighted by molar-refractivity contribution is 0.171. The number of aromatic nitrogens is 2. The maximum Gasteiger partial charge on any atom is 0.162 e. The summed E-state index contributed by atoms with van der Waals surface area (Å²) in [5, 5.41) is 3.06. The summed E-state index contributed by atoms with van der Waals surface area (Å²) in [7, 11) is 0.